The van der Waals surface area contributed by atoms with Crippen molar-refractivity contribution in [1.82, 2.24) is 0 Å². The number of benzene rings is 2. The van der Waals surface area contributed by atoms with Crippen molar-refractivity contribution >= 4 is 5.97 Å². The van der Waals surface area contributed by atoms with Crippen LogP contribution in [0.2, 0.25) is 0 Å². The summed E-state index contributed by atoms with van der Waals surface area (Å²) in [6.07, 6.45) is 0. The van der Waals surface area contributed by atoms with E-state index in [9.17, 15) is 4.79 Å². The highest BCUT2D eigenvalue weighted by Crippen LogP contribution is 2.35. The average molecular weight is 319 g/mol. The fourth-order valence-electron chi connectivity index (χ4n) is 2.02. The maximum atomic E-state index is 10.3. The van der Waals surface area contributed by atoms with Crippen LogP contribution in [-0.4, -0.2) is 26.4 Å². The van der Waals surface area contributed by atoms with Crippen molar-refractivity contribution in [2.24, 2.45) is 5.73 Å². The standard InChI is InChI=1S/C10H15N.C7H6O5/c1-8-6-4-5-7-9(8)10(2,3)11;8-4-1-3(7(11)12)2-5(9)6(4)10/h4-7H,11H2,1-3H3;1-2,8-10H,(H,11,12). The van der Waals surface area contributed by atoms with Crippen LogP contribution in [-0.2, 0) is 5.54 Å². The number of nitrogens with two attached hydrogens (primary N) is 1. The Bertz CT molecular complexity index is 681. The molecule has 0 aliphatic carbocycles. The van der Waals surface area contributed by atoms with Gasteiger partial charge in [0.2, 0.25) is 0 Å². The molecule has 0 saturated carbocycles. The zero-order valence-corrected chi connectivity index (χ0v) is 13.2. The molecule has 0 aromatic heterocycles. The molecule has 0 atom stereocenters. The molecule has 0 heterocycles. The third-order valence-corrected chi connectivity index (χ3v) is 3.16. The van der Waals surface area contributed by atoms with E-state index in [4.69, 9.17) is 26.2 Å². The summed E-state index contributed by atoms with van der Waals surface area (Å²) in [4.78, 5) is 10.3. The van der Waals surface area contributed by atoms with E-state index in [1.54, 1.807) is 0 Å². The Morgan fingerprint density at radius 2 is 1.52 bits per heavy atom. The third kappa shape index (κ3) is 4.89. The van der Waals surface area contributed by atoms with Crippen LogP contribution < -0.4 is 5.73 Å². The van der Waals surface area contributed by atoms with Gasteiger partial charge in [0, 0.05) is 5.54 Å². The number of rotatable bonds is 2. The normalized spacial score (nSPS) is 10.6. The summed E-state index contributed by atoms with van der Waals surface area (Å²) < 4.78 is 0. The molecule has 6 heteroatoms. The van der Waals surface area contributed by atoms with Crippen molar-refractivity contribution in [1.29, 1.82) is 0 Å². The second kappa shape index (κ2) is 7.02. The highest BCUT2D eigenvalue weighted by Gasteiger charge is 2.15. The van der Waals surface area contributed by atoms with Gasteiger partial charge in [-0.25, -0.2) is 4.79 Å². The van der Waals surface area contributed by atoms with Crippen molar-refractivity contribution in [3.63, 3.8) is 0 Å². The minimum atomic E-state index is -1.29. The quantitative estimate of drug-likeness (QED) is 0.542. The van der Waals surface area contributed by atoms with Gasteiger partial charge in [-0.2, -0.15) is 0 Å². The van der Waals surface area contributed by atoms with Crippen LogP contribution in [0.25, 0.3) is 0 Å². The lowest BCUT2D eigenvalue weighted by Crippen LogP contribution is -2.29. The van der Waals surface area contributed by atoms with Crippen LogP contribution in [0.5, 0.6) is 17.2 Å². The Kier molecular flexibility index (Phi) is 5.59. The zero-order chi connectivity index (χ0) is 17.8. The first kappa shape index (κ1) is 18.3. The number of carboxylic acid groups (broad SMARTS) is 1. The van der Waals surface area contributed by atoms with Crippen molar-refractivity contribution in [3.8, 4) is 17.2 Å². The van der Waals surface area contributed by atoms with Gasteiger partial charge in [-0.3, -0.25) is 0 Å². The number of carboxylic acids is 1. The van der Waals surface area contributed by atoms with E-state index >= 15 is 0 Å². The zero-order valence-electron chi connectivity index (χ0n) is 13.2. The molecule has 0 radical (unpaired) electrons. The van der Waals surface area contributed by atoms with Crippen LogP contribution in [0.1, 0.15) is 35.3 Å². The van der Waals surface area contributed by atoms with Gasteiger partial charge < -0.3 is 26.2 Å². The van der Waals surface area contributed by atoms with Crippen molar-refractivity contribution < 1.29 is 25.2 Å². The minimum Gasteiger partial charge on any atom is -0.504 e. The maximum Gasteiger partial charge on any atom is 0.335 e. The van der Waals surface area contributed by atoms with E-state index in [2.05, 4.69) is 19.1 Å². The number of aryl methyl sites for hydroxylation is 1. The molecule has 0 aliphatic heterocycles. The SMILES string of the molecule is Cc1ccccc1C(C)(C)N.O=C(O)c1cc(O)c(O)c(O)c1. The molecule has 0 spiro atoms. The molecule has 0 fully saturated rings. The molecule has 2 aromatic carbocycles. The molecule has 0 unspecified atom stereocenters. The fourth-order valence-corrected chi connectivity index (χ4v) is 2.02. The Morgan fingerprint density at radius 1 is 1.04 bits per heavy atom. The maximum absolute atomic E-state index is 10.3. The smallest absolute Gasteiger partial charge is 0.335 e. The van der Waals surface area contributed by atoms with Crippen LogP contribution in [0, 0.1) is 6.92 Å². The molecule has 0 aliphatic rings. The van der Waals surface area contributed by atoms with Gasteiger partial charge >= 0.3 is 5.97 Å². The van der Waals surface area contributed by atoms with Crippen molar-refractivity contribution in [2.75, 3.05) is 0 Å². The summed E-state index contributed by atoms with van der Waals surface area (Å²) in [5, 5.41) is 35.0. The van der Waals surface area contributed by atoms with Crippen molar-refractivity contribution in [2.45, 2.75) is 26.3 Å². The van der Waals surface area contributed by atoms with Crippen LogP contribution in [0.15, 0.2) is 36.4 Å². The third-order valence-electron chi connectivity index (χ3n) is 3.16. The summed E-state index contributed by atoms with van der Waals surface area (Å²) in [7, 11) is 0. The van der Waals surface area contributed by atoms with Gasteiger partial charge in [-0.05, 0) is 44.0 Å². The predicted octanol–water partition coefficient (Wildman–Crippen LogP) is 2.69. The summed E-state index contributed by atoms with van der Waals surface area (Å²) in [6.45, 7) is 6.13. The number of aromatic carboxylic acids is 1. The summed E-state index contributed by atoms with van der Waals surface area (Å²) in [5.41, 5.74) is 7.94. The lowest BCUT2D eigenvalue weighted by atomic mass is 9.92. The van der Waals surface area contributed by atoms with Gasteiger partial charge in [0.15, 0.2) is 17.2 Å². The monoisotopic (exact) mass is 319 g/mol. The number of hydrogen-bond acceptors (Lipinski definition) is 5. The molecular formula is C17H21NO5. The highest BCUT2D eigenvalue weighted by atomic mass is 16.4. The summed E-state index contributed by atoms with van der Waals surface area (Å²) >= 11 is 0. The molecule has 6 N–H and O–H groups in total. The second-order valence-corrected chi connectivity index (χ2v) is 5.70. The van der Waals surface area contributed by atoms with E-state index in [0.717, 1.165) is 12.1 Å². The number of phenolic OH excluding ortho intramolecular Hbond substituents is 3. The summed E-state index contributed by atoms with van der Waals surface area (Å²) in [5.74, 6) is -3.33. The van der Waals surface area contributed by atoms with Gasteiger partial charge in [-0.15, -0.1) is 0 Å². The lowest BCUT2D eigenvalue weighted by molar-refractivity contribution is 0.0696. The van der Waals surface area contributed by atoms with Gasteiger partial charge in [0.25, 0.3) is 0 Å². The Balaban J connectivity index is 0.000000231. The Labute approximate surface area is 134 Å². The van der Waals surface area contributed by atoms with Crippen LogP contribution in [0.3, 0.4) is 0 Å². The number of hydrogen-bond donors (Lipinski definition) is 5. The number of aromatic hydroxyl groups is 3. The van der Waals surface area contributed by atoms with Crippen LogP contribution in [0.4, 0.5) is 0 Å². The Morgan fingerprint density at radius 3 is 1.87 bits per heavy atom. The second-order valence-electron chi connectivity index (χ2n) is 5.70. The lowest BCUT2D eigenvalue weighted by Gasteiger charge is -2.21. The molecule has 2 aromatic rings. The molecule has 124 valence electrons. The van der Waals surface area contributed by atoms with Crippen LogP contribution >= 0.6 is 0 Å². The molecule has 0 bridgehead atoms. The first-order valence-corrected chi connectivity index (χ1v) is 6.87. The molecule has 6 nitrogen and oxygen atoms in total. The Hall–Kier alpha value is -2.73. The molecule has 2 rings (SSSR count). The van der Waals surface area contributed by atoms with Gasteiger partial charge in [0.1, 0.15) is 0 Å². The highest BCUT2D eigenvalue weighted by molar-refractivity contribution is 5.89. The average Bonchev–Trinajstić information content (AvgIpc) is 2.44. The van der Waals surface area contributed by atoms with Gasteiger partial charge in [-0.1, -0.05) is 24.3 Å². The van der Waals surface area contributed by atoms with Gasteiger partial charge in [0.05, 0.1) is 5.56 Å². The van der Waals surface area contributed by atoms with E-state index in [0.29, 0.717) is 0 Å². The molecule has 0 saturated heterocycles. The largest absolute Gasteiger partial charge is 0.504 e. The fraction of sp³-hybridized carbons (Fsp3) is 0.235. The molecule has 23 heavy (non-hydrogen) atoms. The first-order valence-electron chi connectivity index (χ1n) is 6.87. The van der Waals surface area contributed by atoms with E-state index in [-0.39, 0.29) is 11.1 Å². The van der Waals surface area contributed by atoms with E-state index in [1.165, 1.54) is 11.1 Å². The summed E-state index contributed by atoms with van der Waals surface area (Å²) in [6, 6.07) is 9.91. The number of phenols is 3. The number of carbonyl (C=O) groups is 1. The topological polar surface area (TPSA) is 124 Å². The first-order chi connectivity index (χ1) is 10.5. The van der Waals surface area contributed by atoms with Crippen molar-refractivity contribution in [3.05, 3.63) is 53.1 Å². The minimum absolute atomic E-state index is 0.217. The predicted molar refractivity (Wildman–Crippen MR) is 86.8 cm³/mol. The molecule has 0 amide bonds. The molecular weight excluding hydrogens is 298 g/mol. The van der Waals surface area contributed by atoms with E-state index in [1.807, 2.05) is 26.0 Å². The van der Waals surface area contributed by atoms with E-state index < -0.39 is 23.2 Å².